The number of fused-ring (bicyclic) bond motifs is 1. The summed E-state index contributed by atoms with van der Waals surface area (Å²) < 4.78 is 19.2. The van der Waals surface area contributed by atoms with Crippen molar-refractivity contribution in [1.82, 2.24) is 5.43 Å². The van der Waals surface area contributed by atoms with Crippen LogP contribution in [0.1, 0.15) is 57.3 Å². The zero-order valence-corrected chi connectivity index (χ0v) is 12.0. The predicted molar refractivity (Wildman–Crippen MR) is 79.6 cm³/mol. The zero-order valence-electron chi connectivity index (χ0n) is 12.0. The average molecular weight is 278 g/mol. The van der Waals surface area contributed by atoms with E-state index in [0.29, 0.717) is 11.3 Å². The maximum Gasteiger partial charge on any atom is 0.169 e. The van der Waals surface area contributed by atoms with E-state index in [1.165, 1.54) is 31.7 Å². The molecule has 0 amide bonds. The van der Waals surface area contributed by atoms with Crippen LogP contribution in [0.4, 0.5) is 4.39 Å². The minimum Gasteiger partial charge on any atom is -0.456 e. The Morgan fingerprint density at radius 2 is 2.05 bits per heavy atom. The molecule has 3 nitrogen and oxygen atoms in total. The average Bonchev–Trinajstić information content (AvgIpc) is 2.88. The van der Waals surface area contributed by atoms with Crippen molar-refractivity contribution in [3.63, 3.8) is 0 Å². The van der Waals surface area contributed by atoms with E-state index >= 15 is 0 Å². The van der Waals surface area contributed by atoms with Crippen molar-refractivity contribution >= 4 is 11.0 Å². The third-order valence-electron chi connectivity index (χ3n) is 3.66. The van der Waals surface area contributed by atoms with E-state index in [4.69, 9.17) is 10.3 Å². The maximum absolute atomic E-state index is 13.6. The Kier molecular flexibility index (Phi) is 5.56. The van der Waals surface area contributed by atoms with Crippen LogP contribution < -0.4 is 11.3 Å². The van der Waals surface area contributed by atoms with Gasteiger partial charge in [-0.3, -0.25) is 5.84 Å². The number of furan rings is 1. The van der Waals surface area contributed by atoms with Gasteiger partial charge in [0.1, 0.15) is 5.76 Å². The van der Waals surface area contributed by atoms with Crippen LogP contribution >= 0.6 is 0 Å². The molecule has 0 saturated heterocycles. The summed E-state index contributed by atoms with van der Waals surface area (Å²) in [6, 6.07) is 6.76. The lowest BCUT2D eigenvalue weighted by Crippen LogP contribution is -2.27. The number of benzene rings is 1. The molecule has 1 heterocycles. The highest BCUT2D eigenvalue weighted by Gasteiger charge is 2.16. The summed E-state index contributed by atoms with van der Waals surface area (Å²) >= 11 is 0. The molecule has 0 spiro atoms. The second-order valence-corrected chi connectivity index (χ2v) is 5.23. The monoisotopic (exact) mass is 278 g/mol. The summed E-state index contributed by atoms with van der Waals surface area (Å²) in [6.07, 6.45) is 6.96. The highest BCUT2D eigenvalue weighted by molar-refractivity contribution is 5.78. The SMILES string of the molecule is CCCCCCCC(NN)c1cc2cccc(F)c2o1. The van der Waals surface area contributed by atoms with Gasteiger partial charge in [0.25, 0.3) is 0 Å². The molecule has 20 heavy (non-hydrogen) atoms. The quantitative estimate of drug-likeness (QED) is 0.426. The van der Waals surface area contributed by atoms with Crippen LogP contribution in [-0.2, 0) is 0 Å². The molecule has 3 N–H and O–H groups in total. The van der Waals surface area contributed by atoms with Gasteiger partial charge in [0.05, 0.1) is 6.04 Å². The van der Waals surface area contributed by atoms with E-state index in [-0.39, 0.29) is 11.9 Å². The lowest BCUT2D eigenvalue weighted by molar-refractivity contribution is 0.398. The summed E-state index contributed by atoms with van der Waals surface area (Å²) in [4.78, 5) is 0. The molecule has 0 fully saturated rings. The molecule has 1 aromatic heterocycles. The molecule has 0 bridgehead atoms. The Morgan fingerprint density at radius 3 is 2.75 bits per heavy atom. The molecule has 2 rings (SSSR count). The lowest BCUT2D eigenvalue weighted by Gasteiger charge is -2.12. The number of hydrogen-bond donors (Lipinski definition) is 2. The molecule has 0 aliphatic heterocycles. The second kappa shape index (κ2) is 7.41. The molecule has 0 radical (unpaired) electrons. The number of para-hydroxylation sites is 1. The van der Waals surface area contributed by atoms with E-state index < -0.39 is 0 Å². The topological polar surface area (TPSA) is 51.2 Å². The van der Waals surface area contributed by atoms with Gasteiger partial charge in [-0.05, 0) is 18.6 Å². The Balaban J connectivity index is 2.00. The van der Waals surface area contributed by atoms with E-state index in [0.717, 1.165) is 18.2 Å². The first-order valence-corrected chi connectivity index (χ1v) is 7.40. The van der Waals surface area contributed by atoms with Crippen LogP contribution in [0.2, 0.25) is 0 Å². The summed E-state index contributed by atoms with van der Waals surface area (Å²) in [5, 5.41) is 0.784. The second-order valence-electron chi connectivity index (χ2n) is 5.23. The first-order chi connectivity index (χ1) is 9.76. The highest BCUT2D eigenvalue weighted by atomic mass is 19.1. The van der Waals surface area contributed by atoms with E-state index in [1.807, 2.05) is 12.1 Å². The van der Waals surface area contributed by atoms with E-state index in [1.54, 1.807) is 6.07 Å². The maximum atomic E-state index is 13.6. The van der Waals surface area contributed by atoms with Crippen LogP contribution in [0.15, 0.2) is 28.7 Å². The fourth-order valence-corrected chi connectivity index (χ4v) is 2.48. The van der Waals surface area contributed by atoms with Crippen molar-refractivity contribution in [2.45, 2.75) is 51.5 Å². The summed E-state index contributed by atoms with van der Waals surface area (Å²) in [7, 11) is 0. The van der Waals surface area contributed by atoms with Crippen molar-refractivity contribution in [2.75, 3.05) is 0 Å². The molecule has 110 valence electrons. The first-order valence-electron chi connectivity index (χ1n) is 7.40. The Morgan fingerprint density at radius 1 is 1.25 bits per heavy atom. The normalized spacial score (nSPS) is 12.9. The van der Waals surface area contributed by atoms with Crippen molar-refractivity contribution in [2.24, 2.45) is 5.84 Å². The van der Waals surface area contributed by atoms with Crippen LogP contribution in [0.5, 0.6) is 0 Å². The molecule has 2 aromatic rings. The van der Waals surface area contributed by atoms with Gasteiger partial charge in [-0.2, -0.15) is 0 Å². The molecular weight excluding hydrogens is 255 g/mol. The highest BCUT2D eigenvalue weighted by Crippen LogP contribution is 2.28. The van der Waals surface area contributed by atoms with Gasteiger partial charge in [0, 0.05) is 5.39 Å². The largest absolute Gasteiger partial charge is 0.456 e. The molecular formula is C16H23FN2O. The zero-order chi connectivity index (χ0) is 14.4. The summed E-state index contributed by atoms with van der Waals surface area (Å²) in [5.41, 5.74) is 3.09. The Labute approximate surface area is 119 Å². The van der Waals surface area contributed by atoms with Crippen molar-refractivity contribution in [1.29, 1.82) is 0 Å². The molecule has 0 saturated carbocycles. The van der Waals surface area contributed by atoms with Gasteiger partial charge >= 0.3 is 0 Å². The van der Waals surface area contributed by atoms with Crippen LogP contribution in [0.25, 0.3) is 11.0 Å². The van der Waals surface area contributed by atoms with Crippen molar-refractivity contribution in [3.05, 3.63) is 35.8 Å². The van der Waals surface area contributed by atoms with Gasteiger partial charge in [0.15, 0.2) is 11.4 Å². The van der Waals surface area contributed by atoms with Crippen molar-refractivity contribution in [3.8, 4) is 0 Å². The Bertz CT molecular complexity index is 538. The standard InChI is InChI=1S/C16H23FN2O/c1-2-3-4-5-6-10-14(19-18)15-11-12-8-7-9-13(17)16(12)20-15/h7-9,11,14,19H,2-6,10,18H2,1H3. The summed E-state index contributed by atoms with van der Waals surface area (Å²) in [5.74, 6) is 5.99. The van der Waals surface area contributed by atoms with Crippen LogP contribution in [0, 0.1) is 5.82 Å². The minimum atomic E-state index is -0.326. The minimum absolute atomic E-state index is 0.0524. The molecule has 0 aliphatic rings. The molecule has 1 atom stereocenters. The van der Waals surface area contributed by atoms with Gasteiger partial charge < -0.3 is 4.42 Å². The number of unbranched alkanes of at least 4 members (excludes halogenated alkanes) is 4. The fraction of sp³-hybridized carbons (Fsp3) is 0.500. The third kappa shape index (κ3) is 3.58. The third-order valence-corrected chi connectivity index (χ3v) is 3.66. The molecule has 4 heteroatoms. The smallest absolute Gasteiger partial charge is 0.169 e. The van der Waals surface area contributed by atoms with E-state index in [9.17, 15) is 4.39 Å². The fourth-order valence-electron chi connectivity index (χ4n) is 2.48. The number of hydrogen-bond acceptors (Lipinski definition) is 3. The van der Waals surface area contributed by atoms with Gasteiger partial charge in [-0.25, -0.2) is 9.82 Å². The number of hydrazine groups is 1. The Hall–Kier alpha value is -1.39. The lowest BCUT2D eigenvalue weighted by atomic mass is 10.0. The predicted octanol–water partition coefficient (Wildman–Crippen LogP) is 4.44. The van der Waals surface area contributed by atoms with Gasteiger partial charge in [-0.15, -0.1) is 0 Å². The van der Waals surface area contributed by atoms with Gasteiger partial charge in [0.2, 0.25) is 0 Å². The molecule has 1 aromatic carbocycles. The number of halogens is 1. The van der Waals surface area contributed by atoms with Crippen LogP contribution in [-0.4, -0.2) is 0 Å². The van der Waals surface area contributed by atoms with Gasteiger partial charge in [-0.1, -0.05) is 51.2 Å². The number of rotatable bonds is 8. The summed E-state index contributed by atoms with van der Waals surface area (Å²) in [6.45, 7) is 2.20. The van der Waals surface area contributed by atoms with Crippen molar-refractivity contribution < 1.29 is 8.81 Å². The molecule has 0 aliphatic carbocycles. The van der Waals surface area contributed by atoms with E-state index in [2.05, 4.69) is 12.3 Å². The molecule has 1 unspecified atom stereocenters. The number of nitrogens with two attached hydrogens (primary N) is 1. The van der Waals surface area contributed by atoms with Crippen LogP contribution in [0.3, 0.4) is 0 Å². The first kappa shape index (κ1) is 15.0. The number of nitrogens with one attached hydrogen (secondary N) is 1.